The molecule has 0 saturated carbocycles. The number of rotatable bonds is 7. The topological polar surface area (TPSA) is 53.1 Å². The lowest BCUT2D eigenvalue weighted by atomic mass is 9.97. The molecule has 0 radical (unpaired) electrons. The number of nitrogens with two attached hydrogens (primary N) is 1. The minimum absolute atomic E-state index is 0.00829. The van der Waals surface area contributed by atoms with Crippen molar-refractivity contribution in [2.75, 3.05) is 7.11 Å². The molecule has 1 aromatic rings. The van der Waals surface area contributed by atoms with Crippen LogP contribution in [0.5, 0.6) is 5.75 Å². The zero-order valence-corrected chi connectivity index (χ0v) is 11.4. The van der Waals surface area contributed by atoms with E-state index in [0.29, 0.717) is 5.92 Å². The second kappa shape index (κ2) is 6.64. The average molecular weight is 239 g/mol. The average Bonchev–Trinajstić information content (AvgIpc) is 2.72. The highest BCUT2D eigenvalue weighted by molar-refractivity contribution is 5.28. The molecule has 17 heavy (non-hydrogen) atoms. The van der Waals surface area contributed by atoms with Crippen LogP contribution in [0.4, 0.5) is 0 Å². The van der Waals surface area contributed by atoms with E-state index in [1.165, 1.54) is 0 Å². The van der Waals surface area contributed by atoms with Crippen LogP contribution < -0.4 is 10.5 Å². The van der Waals surface area contributed by atoms with Crippen LogP contribution in [0.1, 0.15) is 51.8 Å². The van der Waals surface area contributed by atoms with E-state index in [-0.39, 0.29) is 6.04 Å². The minimum Gasteiger partial charge on any atom is -0.493 e. The molecule has 0 fully saturated rings. The predicted molar refractivity (Wildman–Crippen MR) is 70.1 cm³/mol. The van der Waals surface area contributed by atoms with Gasteiger partial charge in [0.1, 0.15) is 0 Å². The summed E-state index contributed by atoms with van der Waals surface area (Å²) in [5.74, 6) is 1.44. The molecule has 98 valence electrons. The first-order valence-corrected chi connectivity index (χ1v) is 6.49. The molecular weight excluding hydrogens is 214 g/mol. The van der Waals surface area contributed by atoms with Crippen LogP contribution in [0.3, 0.4) is 0 Å². The Kier molecular flexibility index (Phi) is 5.48. The number of ether oxygens (including phenoxy) is 1. The standard InChI is InChI=1S/C13H25N3O/c1-5-7-16-13(12(17-4)9-15-16)11(14)8-10(3)6-2/h9-11H,5-8,14H2,1-4H3. The quantitative estimate of drug-likeness (QED) is 0.796. The van der Waals surface area contributed by atoms with Crippen molar-refractivity contribution in [1.29, 1.82) is 0 Å². The fourth-order valence-electron chi connectivity index (χ4n) is 2.01. The fourth-order valence-corrected chi connectivity index (χ4v) is 2.01. The third-order valence-corrected chi connectivity index (χ3v) is 3.20. The van der Waals surface area contributed by atoms with E-state index in [1.54, 1.807) is 13.3 Å². The first-order valence-electron chi connectivity index (χ1n) is 6.49. The normalized spacial score (nSPS) is 14.6. The SMILES string of the molecule is CCCn1ncc(OC)c1C(N)CC(C)CC. The summed E-state index contributed by atoms with van der Waals surface area (Å²) in [4.78, 5) is 0. The van der Waals surface area contributed by atoms with Gasteiger partial charge in [-0.2, -0.15) is 5.10 Å². The molecule has 0 aliphatic heterocycles. The molecule has 2 atom stereocenters. The molecule has 4 heteroatoms. The van der Waals surface area contributed by atoms with Gasteiger partial charge >= 0.3 is 0 Å². The molecule has 0 saturated heterocycles. The number of aryl methyl sites for hydroxylation is 1. The van der Waals surface area contributed by atoms with Crippen LogP contribution in [0.25, 0.3) is 0 Å². The Morgan fingerprint density at radius 3 is 2.71 bits per heavy atom. The van der Waals surface area contributed by atoms with E-state index in [1.807, 2.05) is 4.68 Å². The van der Waals surface area contributed by atoms with Gasteiger partial charge in [0.25, 0.3) is 0 Å². The Morgan fingerprint density at radius 2 is 2.18 bits per heavy atom. The first kappa shape index (κ1) is 14.0. The largest absolute Gasteiger partial charge is 0.493 e. The summed E-state index contributed by atoms with van der Waals surface area (Å²) in [6.45, 7) is 7.45. The van der Waals surface area contributed by atoms with Crippen LogP contribution in [0.2, 0.25) is 0 Å². The molecule has 1 rings (SSSR count). The summed E-state index contributed by atoms with van der Waals surface area (Å²) in [5.41, 5.74) is 7.32. The third kappa shape index (κ3) is 3.46. The van der Waals surface area contributed by atoms with Gasteiger partial charge in [-0.15, -0.1) is 0 Å². The zero-order chi connectivity index (χ0) is 12.8. The molecular formula is C13H25N3O. The highest BCUT2D eigenvalue weighted by Gasteiger charge is 2.19. The lowest BCUT2D eigenvalue weighted by Gasteiger charge is -2.18. The smallest absolute Gasteiger partial charge is 0.161 e. The van der Waals surface area contributed by atoms with Crippen molar-refractivity contribution < 1.29 is 4.74 Å². The molecule has 0 amide bonds. The molecule has 0 bridgehead atoms. The fraction of sp³-hybridized carbons (Fsp3) is 0.769. The summed E-state index contributed by atoms with van der Waals surface area (Å²) in [6.07, 6.45) is 4.94. The van der Waals surface area contributed by atoms with Crippen LogP contribution in [0.15, 0.2) is 6.20 Å². The van der Waals surface area contributed by atoms with Crippen LogP contribution in [0, 0.1) is 5.92 Å². The molecule has 0 spiro atoms. The number of hydrogen-bond acceptors (Lipinski definition) is 3. The van der Waals surface area contributed by atoms with Crippen molar-refractivity contribution in [3.8, 4) is 5.75 Å². The van der Waals surface area contributed by atoms with Crippen molar-refractivity contribution in [2.45, 2.75) is 52.6 Å². The summed E-state index contributed by atoms with van der Waals surface area (Å²) < 4.78 is 7.32. The third-order valence-electron chi connectivity index (χ3n) is 3.20. The highest BCUT2D eigenvalue weighted by atomic mass is 16.5. The van der Waals surface area contributed by atoms with E-state index >= 15 is 0 Å². The lowest BCUT2D eigenvalue weighted by molar-refractivity contribution is 0.384. The van der Waals surface area contributed by atoms with Crippen molar-refractivity contribution >= 4 is 0 Å². The summed E-state index contributed by atoms with van der Waals surface area (Å²) in [5, 5.41) is 4.34. The lowest BCUT2D eigenvalue weighted by Crippen LogP contribution is -2.19. The van der Waals surface area contributed by atoms with Crippen LogP contribution in [-0.4, -0.2) is 16.9 Å². The van der Waals surface area contributed by atoms with Crippen molar-refractivity contribution in [1.82, 2.24) is 9.78 Å². The number of hydrogen-bond donors (Lipinski definition) is 1. The van der Waals surface area contributed by atoms with Gasteiger partial charge in [0, 0.05) is 6.54 Å². The maximum atomic E-state index is 6.28. The van der Waals surface area contributed by atoms with E-state index in [9.17, 15) is 0 Å². The van der Waals surface area contributed by atoms with Crippen molar-refractivity contribution in [3.05, 3.63) is 11.9 Å². The van der Waals surface area contributed by atoms with Gasteiger partial charge in [0.2, 0.25) is 0 Å². The molecule has 0 aromatic carbocycles. The Morgan fingerprint density at radius 1 is 1.47 bits per heavy atom. The van der Waals surface area contributed by atoms with Gasteiger partial charge in [-0.1, -0.05) is 27.2 Å². The van der Waals surface area contributed by atoms with Gasteiger partial charge in [0.05, 0.1) is 25.0 Å². The molecule has 4 nitrogen and oxygen atoms in total. The Hall–Kier alpha value is -1.03. The van der Waals surface area contributed by atoms with Crippen LogP contribution >= 0.6 is 0 Å². The zero-order valence-electron chi connectivity index (χ0n) is 11.4. The summed E-state index contributed by atoms with van der Waals surface area (Å²) in [6, 6.07) is 0.00829. The van der Waals surface area contributed by atoms with E-state index < -0.39 is 0 Å². The minimum atomic E-state index is 0.00829. The van der Waals surface area contributed by atoms with E-state index in [0.717, 1.165) is 37.3 Å². The Bertz CT molecular complexity index is 335. The highest BCUT2D eigenvalue weighted by Crippen LogP contribution is 2.28. The van der Waals surface area contributed by atoms with Gasteiger partial charge in [-0.25, -0.2) is 0 Å². The second-order valence-electron chi connectivity index (χ2n) is 4.68. The number of methoxy groups -OCH3 is 1. The summed E-state index contributed by atoms with van der Waals surface area (Å²) >= 11 is 0. The van der Waals surface area contributed by atoms with Gasteiger partial charge in [0.15, 0.2) is 5.75 Å². The molecule has 0 aliphatic carbocycles. The number of nitrogens with zero attached hydrogens (tertiary/aromatic N) is 2. The van der Waals surface area contributed by atoms with Gasteiger partial charge in [-0.3, -0.25) is 4.68 Å². The van der Waals surface area contributed by atoms with E-state index in [4.69, 9.17) is 10.5 Å². The van der Waals surface area contributed by atoms with Crippen LogP contribution in [-0.2, 0) is 6.54 Å². The van der Waals surface area contributed by atoms with E-state index in [2.05, 4.69) is 25.9 Å². The maximum absolute atomic E-state index is 6.28. The maximum Gasteiger partial charge on any atom is 0.161 e. The van der Waals surface area contributed by atoms with Crippen molar-refractivity contribution in [3.63, 3.8) is 0 Å². The molecule has 1 heterocycles. The molecule has 1 aromatic heterocycles. The molecule has 2 N–H and O–H groups in total. The molecule has 2 unspecified atom stereocenters. The number of aromatic nitrogens is 2. The first-order chi connectivity index (χ1) is 8.13. The summed E-state index contributed by atoms with van der Waals surface area (Å²) in [7, 11) is 1.67. The second-order valence-corrected chi connectivity index (χ2v) is 4.68. The molecule has 0 aliphatic rings. The van der Waals surface area contributed by atoms with Gasteiger partial charge in [-0.05, 0) is 18.8 Å². The van der Waals surface area contributed by atoms with Gasteiger partial charge < -0.3 is 10.5 Å². The van der Waals surface area contributed by atoms with Crippen molar-refractivity contribution in [2.24, 2.45) is 11.7 Å². The predicted octanol–water partition coefficient (Wildman–Crippen LogP) is 2.74. The monoisotopic (exact) mass is 239 g/mol. The Balaban J connectivity index is 2.88. The Labute approximate surface area is 104 Å².